The van der Waals surface area contributed by atoms with Gasteiger partial charge in [-0.05, 0) is 56.0 Å². The lowest BCUT2D eigenvalue weighted by Gasteiger charge is -2.22. The van der Waals surface area contributed by atoms with Crippen molar-refractivity contribution in [1.82, 2.24) is 9.99 Å². The average Bonchev–Trinajstić information content (AvgIpc) is 3.18. The molecule has 4 rings (SSSR count). The lowest BCUT2D eigenvalue weighted by atomic mass is 9.97. The Kier molecular flexibility index (Phi) is 6.75. The number of rotatable bonds is 7. The molecule has 0 spiro atoms. The number of halogens is 1. The molecule has 1 aliphatic heterocycles. The summed E-state index contributed by atoms with van der Waals surface area (Å²) in [6.07, 6.45) is 1.48. The maximum atomic E-state index is 13.0. The fourth-order valence-electron chi connectivity index (χ4n) is 4.12. The lowest BCUT2D eigenvalue weighted by molar-refractivity contribution is -0.137. The molecular weight excluding hydrogens is 438 g/mol. The van der Waals surface area contributed by atoms with Gasteiger partial charge < -0.3 is 5.11 Å². The van der Waals surface area contributed by atoms with Crippen molar-refractivity contribution in [2.45, 2.75) is 52.0 Å². The number of carboxylic acids is 1. The molecule has 1 atom stereocenters. The van der Waals surface area contributed by atoms with E-state index in [-0.39, 0.29) is 31.2 Å². The number of hydrogen-bond acceptors (Lipinski definition) is 4. The van der Waals surface area contributed by atoms with Crippen molar-refractivity contribution < 1.29 is 14.7 Å². The van der Waals surface area contributed by atoms with Crippen LogP contribution in [0.5, 0.6) is 0 Å². The van der Waals surface area contributed by atoms with Crippen LogP contribution in [0.25, 0.3) is 10.9 Å². The first kappa shape index (κ1) is 22.9. The Labute approximate surface area is 197 Å². The third-order valence-corrected chi connectivity index (χ3v) is 6.20. The van der Waals surface area contributed by atoms with Crippen molar-refractivity contribution in [2.24, 2.45) is 5.10 Å². The number of aliphatic carboxylic acids is 1. The predicted molar refractivity (Wildman–Crippen MR) is 130 cm³/mol. The first-order chi connectivity index (χ1) is 15.8. The van der Waals surface area contributed by atoms with Crippen LogP contribution in [0.2, 0.25) is 5.15 Å². The van der Waals surface area contributed by atoms with E-state index in [1.807, 2.05) is 56.3 Å². The molecular formula is C26H26ClN3O3. The molecule has 0 fully saturated rings. The smallest absolute Gasteiger partial charge is 0.303 e. The van der Waals surface area contributed by atoms with Crippen LogP contribution >= 0.6 is 11.6 Å². The van der Waals surface area contributed by atoms with Gasteiger partial charge in [0.2, 0.25) is 5.91 Å². The van der Waals surface area contributed by atoms with Crippen molar-refractivity contribution in [1.29, 1.82) is 0 Å². The Bertz CT molecular complexity index is 1240. The molecule has 1 aliphatic rings. The molecule has 3 aromatic rings. The molecule has 1 aromatic heterocycles. The summed E-state index contributed by atoms with van der Waals surface area (Å²) >= 11 is 6.52. The Hall–Kier alpha value is -3.25. The van der Waals surface area contributed by atoms with E-state index in [4.69, 9.17) is 16.7 Å². The van der Waals surface area contributed by atoms with Gasteiger partial charge in [-0.1, -0.05) is 53.1 Å². The SMILES string of the molecule is Cc1ccc(C2=NN(C(=O)CCCC(=O)O)C(Cc3cc4cc(C)ccc4nc3Cl)C2)cc1. The van der Waals surface area contributed by atoms with Gasteiger partial charge in [0.25, 0.3) is 0 Å². The van der Waals surface area contributed by atoms with Gasteiger partial charge in [0.15, 0.2) is 0 Å². The van der Waals surface area contributed by atoms with Gasteiger partial charge in [-0.25, -0.2) is 9.99 Å². The van der Waals surface area contributed by atoms with Gasteiger partial charge in [-0.3, -0.25) is 9.59 Å². The second-order valence-corrected chi connectivity index (χ2v) is 8.95. The summed E-state index contributed by atoms with van der Waals surface area (Å²) in [6, 6.07) is 15.9. The number of carbonyl (C=O) groups is 2. The van der Waals surface area contributed by atoms with Crippen LogP contribution in [0.15, 0.2) is 53.6 Å². The van der Waals surface area contributed by atoms with Crippen molar-refractivity contribution in [3.63, 3.8) is 0 Å². The third kappa shape index (κ3) is 5.40. The molecule has 6 nitrogen and oxygen atoms in total. The van der Waals surface area contributed by atoms with Crippen LogP contribution in [0, 0.1) is 13.8 Å². The van der Waals surface area contributed by atoms with E-state index in [2.05, 4.69) is 16.2 Å². The molecule has 0 aliphatic carbocycles. The topological polar surface area (TPSA) is 82.9 Å². The van der Waals surface area contributed by atoms with Gasteiger partial charge in [0, 0.05) is 24.6 Å². The number of hydrazone groups is 1. The van der Waals surface area contributed by atoms with Gasteiger partial charge in [0.05, 0.1) is 17.3 Å². The van der Waals surface area contributed by atoms with E-state index in [1.54, 1.807) is 0 Å². The number of nitrogens with zero attached hydrogens (tertiary/aromatic N) is 3. The highest BCUT2D eigenvalue weighted by molar-refractivity contribution is 6.30. The Morgan fingerprint density at radius 3 is 2.52 bits per heavy atom. The predicted octanol–water partition coefficient (Wildman–Crippen LogP) is 5.31. The summed E-state index contributed by atoms with van der Waals surface area (Å²) in [5.41, 5.74) is 5.80. The maximum absolute atomic E-state index is 13.0. The van der Waals surface area contributed by atoms with E-state index in [0.29, 0.717) is 18.0 Å². The van der Waals surface area contributed by atoms with Crippen molar-refractivity contribution in [3.8, 4) is 0 Å². The lowest BCUT2D eigenvalue weighted by Crippen LogP contribution is -2.34. The summed E-state index contributed by atoms with van der Waals surface area (Å²) in [5.74, 6) is -1.09. The van der Waals surface area contributed by atoms with Crippen molar-refractivity contribution >= 4 is 40.1 Å². The molecule has 1 N–H and O–H groups in total. The van der Waals surface area contributed by atoms with Gasteiger partial charge in [-0.15, -0.1) is 0 Å². The second kappa shape index (κ2) is 9.71. The van der Waals surface area contributed by atoms with Gasteiger partial charge >= 0.3 is 5.97 Å². The Morgan fingerprint density at radius 1 is 1.06 bits per heavy atom. The van der Waals surface area contributed by atoms with Crippen LogP contribution in [-0.4, -0.2) is 38.7 Å². The van der Waals surface area contributed by atoms with Crippen LogP contribution < -0.4 is 0 Å². The van der Waals surface area contributed by atoms with E-state index in [0.717, 1.165) is 38.9 Å². The number of benzene rings is 2. The molecule has 0 saturated carbocycles. The standard InChI is InChI=1S/C26H26ClN3O3/c1-16-6-9-18(10-7-16)23-15-21(30(29-23)24(31)4-3-5-25(32)33)14-20-13-19-12-17(2)8-11-22(19)28-26(20)27/h6-13,21H,3-5,14-15H2,1-2H3,(H,32,33). The largest absolute Gasteiger partial charge is 0.481 e. The number of carboxylic acid groups (broad SMARTS) is 1. The number of aromatic nitrogens is 1. The number of amides is 1. The number of fused-ring (bicyclic) bond motifs is 1. The first-order valence-electron chi connectivity index (χ1n) is 11.0. The van der Waals surface area contributed by atoms with Crippen LogP contribution in [0.4, 0.5) is 0 Å². The highest BCUT2D eigenvalue weighted by atomic mass is 35.5. The first-order valence-corrected chi connectivity index (χ1v) is 11.4. The minimum atomic E-state index is -0.908. The van der Waals surface area contributed by atoms with Crippen LogP contribution in [-0.2, 0) is 16.0 Å². The Morgan fingerprint density at radius 2 is 1.79 bits per heavy atom. The minimum absolute atomic E-state index is 0.0431. The zero-order valence-electron chi connectivity index (χ0n) is 18.7. The summed E-state index contributed by atoms with van der Waals surface area (Å²) in [5, 5.41) is 16.5. The summed E-state index contributed by atoms with van der Waals surface area (Å²) < 4.78 is 0. The molecule has 0 saturated heterocycles. The molecule has 0 radical (unpaired) electrons. The maximum Gasteiger partial charge on any atom is 0.303 e. The summed E-state index contributed by atoms with van der Waals surface area (Å²) in [6.45, 7) is 4.06. The van der Waals surface area contributed by atoms with Crippen LogP contribution in [0.3, 0.4) is 0 Å². The highest BCUT2D eigenvalue weighted by Crippen LogP contribution is 2.29. The number of pyridine rings is 1. The molecule has 170 valence electrons. The summed E-state index contributed by atoms with van der Waals surface area (Å²) in [4.78, 5) is 28.4. The summed E-state index contributed by atoms with van der Waals surface area (Å²) in [7, 11) is 0. The fourth-order valence-corrected chi connectivity index (χ4v) is 4.34. The van der Waals surface area contributed by atoms with Gasteiger partial charge in [0.1, 0.15) is 5.15 Å². The number of hydrogen-bond donors (Lipinski definition) is 1. The quantitative estimate of drug-likeness (QED) is 0.481. The highest BCUT2D eigenvalue weighted by Gasteiger charge is 2.32. The third-order valence-electron chi connectivity index (χ3n) is 5.88. The molecule has 2 aromatic carbocycles. The van der Waals surface area contributed by atoms with Crippen molar-refractivity contribution in [3.05, 3.63) is 75.9 Å². The van der Waals surface area contributed by atoms with E-state index in [9.17, 15) is 9.59 Å². The molecule has 7 heteroatoms. The second-order valence-electron chi connectivity index (χ2n) is 8.59. The minimum Gasteiger partial charge on any atom is -0.481 e. The zero-order chi connectivity index (χ0) is 23.5. The average molecular weight is 464 g/mol. The molecule has 0 bridgehead atoms. The number of aryl methyl sites for hydroxylation is 2. The molecule has 1 amide bonds. The fraction of sp³-hybridized carbons (Fsp3) is 0.308. The Balaban J connectivity index is 1.61. The molecule has 33 heavy (non-hydrogen) atoms. The molecule has 2 heterocycles. The van der Waals surface area contributed by atoms with Crippen LogP contribution in [0.1, 0.15) is 47.9 Å². The zero-order valence-corrected chi connectivity index (χ0v) is 19.5. The van der Waals surface area contributed by atoms with Gasteiger partial charge in [-0.2, -0.15) is 5.10 Å². The monoisotopic (exact) mass is 463 g/mol. The molecule has 1 unspecified atom stereocenters. The number of carbonyl (C=O) groups excluding carboxylic acids is 1. The van der Waals surface area contributed by atoms with Crippen molar-refractivity contribution in [2.75, 3.05) is 0 Å². The van der Waals surface area contributed by atoms with E-state index < -0.39 is 5.97 Å². The van der Waals surface area contributed by atoms with E-state index >= 15 is 0 Å². The normalized spacial score (nSPS) is 15.7. The van der Waals surface area contributed by atoms with E-state index in [1.165, 1.54) is 5.01 Å².